The largest absolute Gasteiger partial charge is 0.383 e. The number of aromatic nitrogens is 2. The summed E-state index contributed by atoms with van der Waals surface area (Å²) in [7, 11) is 3.46. The van der Waals surface area contributed by atoms with Crippen LogP contribution in [0.3, 0.4) is 0 Å². The summed E-state index contributed by atoms with van der Waals surface area (Å²) >= 11 is 0. The van der Waals surface area contributed by atoms with E-state index < -0.39 is 0 Å². The Hall–Kier alpha value is -2.50. The van der Waals surface area contributed by atoms with Gasteiger partial charge in [0.15, 0.2) is 0 Å². The molecule has 3 aromatic rings. The maximum Gasteiger partial charge on any atom is 0.274 e. The normalized spacial score (nSPS) is 13.7. The first kappa shape index (κ1) is 17.3. The molecule has 1 N–H and O–H groups in total. The van der Waals surface area contributed by atoms with Crippen molar-refractivity contribution in [2.75, 3.05) is 13.7 Å². The predicted molar refractivity (Wildman–Crippen MR) is 99.6 cm³/mol. The van der Waals surface area contributed by atoms with Crippen LogP contribution in [0.25, 0.3) is 11.0 Å². The first-order valence-electron chi connectivity index (χ1n) is 8.37. The van der Waals surface area contributed by atoms with Crippen LogP contribution >= 0.6 is 0 Å². The predicted octanol–water partition coefficient (Wildman–Crippen LogP) is 2.97. The minimum atomic E-state index is -0.205. The van der Waals surface area contributed by atoms with Gasteiger partial charge in [0.1, 0.15) is 5.69 Å². The Balaban J connectivity index is 1.94. The number of rotatable bonds is 6. The average Bonchev–Trinajstić information content (AvgIpc) is 2.65. The highest BCUT2D eigenvalue weighted by atomic mass is 16.5. The van der Waals surface area contributed by atoms with E-state index in [1.54, 1.807) is 18.7 Å². The van der Waals surface area contributed by atoms with Crippen LogP contribution in [0.5, 0.6) is 0 Å². The quantitative estimate of drug-likeness (QED) is 0.751. The summed E-state index contributed by atoms with van der Waals surface area (Å²) in [5.41, 5.74) is 3.20. The maximum absolute atomic E-state index is 12.7. The SMILES string of the molecule is COC[C@H](N[C@H](C)c1nc2ccccc2n(C)c1=O)c1ccccc1. The Bertz CT molecular complexity index is 906. The second kappa shape index (κ2) is 7.59. The zero-order valence-electron chi connectivity index (χ0n) is 14.8. The molecule has 1 aromatic heterocycles. The molecule has 0 aliphatic carbocycles. The van der Waals surface area contributed by atoms with Gasteiger partial charge in [0.2, 0.25) is 0 Å². The van der Waals surface area contributed by atoms with Crippen LogP contribution < -0.4 is 10.9 Å². The van der Waals surface area contributed by atoms with Crippen molar-refractivity contribution in [3.63, 3.8) is 0 Å². The minimum absolute atomic E-state index is 0.0147. The van der Waals surface area contributed by atoms with Crippen molar-refractivity contribution in [3.8, 4) is 0 Å². The van der Waals surface area contributed by atoms with Crippen LogP contribution in [0.4, 0.5) is 0 Å². The van der Waals surface area contributed by atoms with E-state index >= 15 is 0 Å². The Morgan fingerprint density at radius 1 is 1.12 bits per heavy atom. The van der Waals surface area contributed by atoms with E-state index in [1.807, 2.05) is 49.4 Å². The lowest BCUT2D eigenvalue weighted by atomic mass is 10.1. The van der Waals surface area contributed by atoms with Crippen molar-refractivity contribution in [3.05, 3.63) is 76.2 Å². The van der Waals surface area contributed by atoms with Crippen LogP contribution in [-0.4, -0.2) is 23.3 Å². The molecule has 0 bridgehead atoms. The summed E-state index contributed by atoms with van der Waals surface area (Å²) in [6.07, 6.45) is 0. The molecule has 0 saturated heterocycles. The first-order chi connectivity index (χ1) is 12.1. The van der Waals surface area contributed by atoms with Gasteiger partial charge in [0.25, 0.3) is 5.56 Å². The van der Waals surface area contributed by atoms with Crippen LogP contribution in [0.1, 0.15) is 30.3 Å². The molecule has 0 radical (unpaired) electrons. The molecule has 0 fully saturated rings. The number of methoxy groups -OCH3 is 1. The second-order valence-electron chi connectivity index (χ2n) is 6.16. The Morgan fingerprint density at radius 2 is 1.80 bits per heavy atom. The van der Waals surface area contributed by atoms with Gasteiger partial charge in [-0.1, -0.05) is 42.5 Å². The molecule has 0 unspecified atom stereocenters. The number of benzene rings is 2. The fraction of sp³-hybridized carbons (Fsp3) is 0.300. The third-order valence-corrected chi connectivity index (χ3v) is 4.40. The van der Waals surface area contributed by atoms with Gasteiger partial charge in [-0.3, -0.25) is 10.1 Å². The van der Waals surface area contributed by atoms with Crippen LogP contribution in [0.15, 0.2) is 59.4 Å². The smallest absolute Gasteiger partial charge is 0.274 e. The number of fused-ring (bicyclic) bond motifs is 1. The number of aryl methyl sites for hydroxylation is 1. The fourth-order valence-electron chi connectivity index (χ4n) is 3.06. The topological polar surface area (TPSA) is 56.1 Å². The van der Waals surface area contributed by atoms with Crippen molar-refractivity contribution in [1.82, 2.24) is 14.9 Å². The standard InChI is InChI=1S/C20H23N3O2/c1-14(21-17(13-25-3)15-9-5-4-6-10-15)19-20(24)23(2)18-12-8-7-11-16(18)22-19/h4-12,14,17,21H,13H2,1-3H3/t14-,17+/m1/s1. The highest BCUT2D eigenvalue weighted by molar-refractivity contribution is 5.74. The fourth-order valence-corrected chi connectivity index (χ4v) is 3.06. The van der Waals surface area contributed by atoms with E-state index in [9.17, 15) is 4.79 Å². The number of hydrogen-bond acceptors (Lipinski definition) is 4. The zero-order chi connectivity index (χ0) is 17.8. The monoisotopic (exact) mass is 337 g/mol. The highest BCUT2D eigenvalue weighted by Gasteiger charge is 2.20. The van der Waals surface area contributed by atoms with E-state index in [-0.39, 0.29) is 17.6 Å². The molecule has 0 amide bonds. The number of nitrogens with zero attached hydrogens (tertiary/aromatic N) is 2. The van der Waals surface area contributed by atoms with Gasteiger partial charge in [0.05, 0.1) is 29.7 Å². The molecule has 5 heteroatoms. The first-order valence-corrected chi connectivity index (χ1v) is 8.37. The molecule has 0 aliphatic heterocycles. The Labute approximate surface area is 147 Å². The molecule has 0 aliphatic rings. The van der Waals surface area contributed by atoms with Gasteiger partial charge in [-0.2, -0.15) is 0 Å². The summed E-state index contributed by atoms with van der Waals surface area (Å²) in [4.78, 5) is 17.3. The van der Waals surface area contributed by atoms with Crippen molar-refractivity contribution in [1.29, 1.82) is 0 Å². The minimum Gasteiger partial charge on any atom is -0.383 e. The van der Waals surface area contributed by atoms with Gasteiger partial charge in [-0.15, -0.1) is 0 Å². The van der Waals surface area contributed by atoms with Crippen LogP contribution in [0, 0.1) is 0 Å². The third-order valence-electron chi connectivity index (χ3n) is 4.40. The van der Waals surface area contributed by atoms with Crippen LogP contribution in [-0.2, 0) is 11.8 Å². The lowest BCUT2D eigenvalue weighted by Crippen LogP contribution is -2.34. The van der Waals surface area contributed by atoms with Crippen molar-refractivity contribution in [2.24, 2.45) is 7.05 Å². The molecular formula is C20H23N3O2. The van der Waals surface area contributed by atoms with Crippen molar-refractivity contribution in [2.45, 2.75) is 19.0 Å². The van der Waals surface area contributed by atoms with Gasteiger partial charge in [0, 0.05) is 14.2 Å². The molecule has 2 aromatic carbocycles. The van der Waals surface area contributed by atoms with Gasteiger partial charge in [-0.05, 0) is 24.6 Å². The van der Waals surface area contributed by atoms with Crippen molar-refractivity contribution >= 4 is 11.0 Å². The number of nitrogens with one attached hydrogen (secondary N) is 1. The second-order valence-corrected chi connectivity index (χ2v) is 6.16. The maximum atomic E-state index is 12.7. The summed E-state index contributed by atoms with van der Waals surface area (Å²) in [5.74, 6) is 0. The number of ether oxygens (including phenoxy) is 1. The molecular weight excluding hydrogens is 314 g/mol. The average molecular weight is 337 g/mol. The number of para-hydroxylation sites is 2. The zero-order valence-corrected chi connectivity index (χ0v) is 14.8. The van der Waals surface area contributed by atoms with Gasteiger partial charge in [-0.25, -0.2) is 4.98 Å². The Morgan fingerprint density at radius 3 is 2.52 bits per heavy atom. The number of hydrogen-bond donors (Lipinski definition) is 1. The molecule has 0 spiro atoms. The van der Waals surface area contributed by atoms with E-state index in [0.29, 0.717) is 12.3 Å². The molecule has 2 atom stereocenters. The summed E-state index contributed by atoms with van der Waals surface area (Å²) in [6.45, 7) is 2.48. The summed E-state index contributed by atoms with van der Waals surface area (Å²) < 4.78 is 7.01. The van der Waals surface area contributed by atoms with Crippen LogP contribution in [0.2, 0.25) is 0 Å². The Kier molecular flexibility index (Phi) is 5.26. The third kappa shape index (κ3) is 3.62. The molecule has 1 heterocycles. The summed E-state index contributed by atoms with van der Waals surface area (Å²) in [5, 5.41) is 3.48. The van der Waals surface area contributed by atoms with E-state index in [0.717, 1.165) is 16.6 Å². The molecule has 130 valence electrons. The molecule has 5 nitrogen and oxygen atoms in total. The lowest BCUT2D eigenvalue weighted by molar-refractivity contribution is 0.161. The van der Waals surface area contributed by atoms with Crippen molar-refractivity contribution < 1.29 is 4.74 Å². The highest BCUT2D eigenvalue weighted by Crippen LogP contribution is 2.19. The van der Waals surface area contributed by atoms with E-state index in [1.165, 1.54) is 0 Å². The molecule has 25 heavy (non-hydrogen) atoms. The van der Waals surface area contributed by atoms with E-state index in [4.69, 9.17) is 4.74 Å². The summed E-state index contributed by atoms with van der Waals surface area (Å²) in [6, 6.07) is 17.5. The van der Waals surface area contributed by atoms with E-state index in [2.05, 4.69) is 22.4 Å². The molecule has 0 saturated carbocycles. The lowest BCUT2D eigenvalue weighted by Gasteiger charge is -2.23. The molecule has 3 rings (SSSR count). The van der Waals surface area contributed by atoms with Gasteiger partial charge >= 0.3 is 0 Å². The van der Waals surface area contributed by atoms with Gasteiger partial charge < -0.3 is 9.30 Å².